The summed E-state index contributed by atoms with van der Waals surface area (Å²) < 4.78 is 6.90. The van der Waals surface area contributed by atoms with Gasteiger partial charge in [0, 0.05) is 69.8 Å². The molecule has 1 amide bonds. The molecule has 0 radical (unpaired) electrons. The molecule has 6 rings (SSSR count). The predicted octanol–water partition coefficient (Wildman–Crippen LogP) is 2.12. The molecule has 4 heterocycles. The van der Waals surface area contributed by atoms with Crippen LogP contribution in [0.5, 0.6) is 0 Å². The van der Waals surface area contributed by atoms with Crippen LogP contribution in [-0.2, 0) is 22.5 Å². The molecule has 2 aromatic rings. The van der Waals surface area contributed by atoms with Crippen molar-refractivity contribution >= 4 is 28.8 Å². The van der Waals surface area contributed by atoms with Gasteiger partial charge in [0.25, 0.3) is 5.56 Å². The van der Waals surface area contributed by atoms with E-state index in [9.17, 15) is 9.59 Å². The smallest absolute Gasteiger partial charge is 0.290 e. The highest BCUT2D eigenvalue weighted by Gasteiger charge is 2.43. The Morgan fingerprint density at radius 3 is 2.53 bits per heavy atom. The maximum absolute atomic E-state index is 13.6. The zero-order valence-electron chi connectivity index (χ0n) is 21.4. The van der Waals surface area contributed by atoms with Crippen molar-refractivity contribution in [2.45, 2.75) is 38.6 Å². The van der Waals surface area contributed by atoms with Gasteiger partial charge in [-0.1, -0.05) is 12.5 Å². The molecule has 3 aliphatic heterocycles. The maximum Gasteiger partial charge on any atom is 0.290 e. The number of carbonyl (C=O) groups excluding carboxylic acids is 1. The van der Waals surface area contributed by atoms with Crippen LogP contribution in [0, 0.1) is 5.41 Å². The van der Waals surface area contributed by atoms with Gasteiger partial charge < -0.3 is 24.3 Å². The third-order valence-electron chi connectivity index (χ3n) is 8.54. The standard InChI is InChI=1S/C27H36N6O3/c1-29(2)23-17-24(31-12-10-27(19-31)8-4-9-27)28-33(26(23)35)18-25(34)32-11-7-20-21(5-3-6-22(20)32)30-13-15-36-16-14-30/h3,5-6,17H,4,7-16,18-19H2,1-2H3. The lowest BCUT2D eigenvalue weighted by molar-refractivity contribution is -0.119. The van der Waals surface area contributed by atoms with E-state index in [1.165, 1.54) is 41.6 Å². The molecular weight excluding hydrogens is 456 g/mol. The summed E-state index contributed by atoms with van der Waals surface area (Å²) in [6, 6.07) is 8.07. The summed E-state index contributed by atoms with van der Waals surface area (Å²) in [5.41, 5.74) is 4.12. The van der Waals surface area contributed by atoms with E-state index in [2.05, 4.69) is 15.9 Å². The van der Waals surface area contributed by atoms with Crippen molar-refractivity contribution in [2.75, 3.05) is 79.6 Å². The van der Waals surface area contributed by atoms with Gasteiger partial charge in [-0.3, -0.25) is 9.59 Å². The summed E-state index contributed by atoms with van der Waals surface area (Å²) in [7, 11) is 3.74. The first kappa shape index (κ1) is 23.3. The van der Waals surface area contributed by atoms with Crippen LogP contribution in [-0.4, -0.2) is 75.7 Å². The lowest BCUT2D eigenvalue weighted by Gasteiger charge is -2.38. The van der Waals surface area contributed by atoms with Gasteiger partial charge in [0.1, 0.15) is 12.2 Å². The molecule has 0 atom stereocenters. The first-order valence-corrected chi connectivity index (χ1v) is 13.2. The monoisotopic (exact) mass is 492 g/mol. The van der Waals surface area contributed by atoms with Crippen molar-refractivity contribution in [3.8, 4) is 0 Å². The molecule has 1 aromatic heterocycles. The van der Waals surface area contributed by atoms with Crippen LogP contribution in [0.1, 0.15) is 31.2 Å². The second-order valence-electron chi connectivity index (χ2n) is 10.9. The number of nitrogens with zero attached hydrogens (tertiary/aromatic N) is 6. The van der Waals surface area contributed by atoms with E-state index >= 15 is 0 Å². The molecule has 1 saturated carbocycles. The van der Waals surface area contributed by atoms with Crippen molar-refractivity contribution in [1.29, 1.82) is 0 Å². The average Bonchev–Trinajstić information content (AvgIpc) is 3.51. The number of hydrogen-bond acceptors (Lipinski definition) is 7. The van der Waals surface area contributed by atoms with E-state index in [0.29, 0.717) is 17.6 Å². The quantitative estimate of drug-likeness (QED) is 0.633. The molecule has 9 nitrogen and oxygen atoms in total. The van der Waals surface area contributed by atoms with E-state index in [4.69, 9.17) is 9.84 Å². The summed E-state index contributed by atoms with van der Waals surface area (Å²) in [6.07, 6.45) is 5.87. The number of morpholine rings is 1. The minimum atomic E-state index is -0.226. The van der Waals surface area contributed by atoms with Crippen LogP contribution in [0.2, 0.25) is 0 Å². The Morgan fingerprint density at radius 2 is 1.83 bits per heavy atom. The first-order chi connectivity index (χ1) is 17.4. The van der Waals surface area contributed by atoms with Crippen molar-refractivity contribution in [3.63, 3.8) is 0 Å². The molecule has 3 fully saturated rings. The second kappa shape index (κ2) is 9.10. The summed E-state index contributed by atoms with van der Waals surface area (Å²) in [6.45, 7) is 5.68. The molecule has 4 aliphatic rings. The molecule has 192 valence electrons. The molecule has 1 aromatic carbocycles. The Bertz CT molecular complexity index is 1210. The lowest BCUT2D eigenvalue weighted by atomic mass is 9.68. The molecular formula is C27H36N6O3. The van der Waals surface area contributed by atoms with Gasteiger partial charge in [-0.15, -0.1) is 0 Å². The van der Waals surface area contributed by atoms with Crippen LogP contribution < -0.4 is 25.2 Å². The predicted molar refractivity (Wildman–Crippen MR) is 141 cm³/mol. The van der Waals surface area contributed by atoms with E-state index in [1.54, 1.807) is 0 Å². The Labute approximate surface area is 212 Å². The van der Waals surface area contributed by atoms with E-state index in [0.717, 1.165) is 57.3 Å². The van der Waals surface area contributed by atoms with Crippen LogP contribution in [0.4, 0.5) is 22.9 Å². The van der Waals surface area contributed by atoms with Crippen LogP contribution in [0.15, 0.2) is 29.1 Å². The molecule has 36 heavy (non-hydrogen) atoms. The van der Waals surface area contributed by atoms with Crippen LogP contribution in [0.25, 0.3) is 0 Å². The number of aromatic nitrogens is 2. The number of rotatable bonds is 5. The number of benzene rings is 1. The number of fused-ring (bicyclic) bond motifs is 1. The highest BCUT2D eigenvalue weighted by molar-refractivity contribution is 5.96. The van der Waals surface area contributed by atoms with Crippen molar-refractivity contribution in [2.24, 2.45) is 5.41 Å². The average molecular weight is 493 g/mol. The van der Waals surface area contributed by atoms with Crippen LogP contribution in [0.3, 0.4) is 0 Å². The number of ether oxygens (including phenoxy) is 1. The number of carbonyl (C=O) groups is 1. The Balaban J connectivity index is 1.26. The van der Waals surface area contributed by atoms with Gasteiger partial charge in [-0.05, 0) is 43.2 Å². The highest BCUT2D eigenvalue weighted by Crippen LogP contribution is 2.48. The lowest BCUT2D eigenvalue weighted by Crippen LogP contribution is -2.39. The number of amides is 1. The molecule has 1 spiro atoms. The fourth-order valence-corrected chi connectivity index (χ4v) is 6.30. The summed E-state index contributed by atoms with van der Waals surface area (Å²) in [4.78, 5) is 35.1. The number of hydrogen-bond donors (Lipinski definition) is 0. The van der Waals surface area contributed by atoms with Gasteiger partial charge in [-0.2, -0.15) is 5.10 Å². The van der Waals surface area contributed by atoms with Gasteiger partial charge in [0.2, 0.25) is 5.91 Å². The fraction of sp³-hybridized carbons (Fsp3) is 0.593. The maximum atomic E-state index is 13.6. The Morgan fingerprint density at radius 1 is 1.06 bits per heavy atom. The molecule has 9 heteroatoms. The van der Waals surface area contributed by atoms with Gasteiger partial charge in [0.05, 0.1) is 13.2 Å². The first-order valence-electron chi connectivity index (χ1n) is 13.2. The molecule has 1 aliphatic carbocycles. The molecule has 0 unspecified atom stereocenters. The summed E-state index contributed by atoms with van der Waals surface area (Å²) in [5, 5.41) is 4.71. The SMILES string of the molecule is CN(C)c1cc(N2CCC3(CCC3)C2)nn(CC(=O)N2CCc3c(N4CCOCC4)cccc32)c1=O. The zero-order chi connectivity index (χ0) is 24.9. The molecule has 0 N–H and O–H groups in total. The second-order valence-corrected chi connectivity index (χ2v) is 10.9. The van der Waals surface area contributed by atoms with Crippen molar-refractivity contribution < 1.29 is 9.53 Å². The molecule has 2 saturated heterocycles. The van der Waals surface area contributed by atoms with Crippen LogP contribution >= 0.6 is 0 Å². The fourth-order valence-electron chi connectivity index (χ4n) is 6.30. The van der Waals surface area contributed by atoms with E-state index in [1.807, 2.05) is 42.1 Å². The summed E-state index contributed by atoms with van der Waals surface area (Å²) in [5.74, 6) is 0.701. The highest BCUT2D eigenvalue weighted by atomic mass is 16.5. The van der Waals surface area contributed by atoms with Gasteiger partial charge >= 0.3 is 0 Å². The molecule has 0 bridgehead atoms. The van der Waals surface area contributed by atoms with Gasteiger partial charge in [-0.25, -0.2) is 4.68 Å². The number of anilines is 4. The minimum Gasteiger partial charge on any atom is -0.378 e. The largest absolute Gasteiger partial charge is 0.378 e. The summed E-state index contributed by atoms with van der Waals surface area (Å²) >= 11 is 0. The third kappa shape index (κ3) is 4.03. The Hall–Kier alpha value is -3.07. The van der Waals surface area contributed by atoms with E-state index in [-0.39, 0.29) is 18.0 Å². The van der Waals surface area contributed by atoms with E-state index < -0.39 is 0 Å². The zero-order valence-corrected chi connectivity index (χ0v) is 21.4. The normalized spacial score (nSPS) is 20.6. The van der Waals surface area contributed by atoms with Gasteiger partial charge in [0.15, 0.2) is 5.82 Å². The minimum absolute atomic E-state index is 0.0618. The topological polar surface area (TPSA) is 74.2 Å². The Kier molecular flexibility index (Phi) is 5.90. The third-order valence-corrected chi connectivity index (χ3v) is 8.54. The van der Waals surface area contributed by atoms with Crippen molar-refractivity contribution in [3.05, 3.63) is 40.2 Å². The van der Waals surface area contributed by atoms with Crippen molar-refractivity contribution in [1.82, 2.24) is 9.78 Å².